The Kier molecular flexibility index (Phi) is 6.15. The summed E-state index contributed by atoms with van der Waals surface area (Å²) in [6.07, 6.45) is 0.415. The molecule has 9 heteroatoms. The van der Waals surface area contributed by atoms with Crippen molar-refractivity contribution in [1.29, 1.82) is 0 Å². The molecule has 6 nitrogen and oxygen atoms in total. The number of benzene rings is 2. The largest absolute Gasteiger partial charge is 0.426 e. The number of rotatable bonds is 6. The van der Waals surface area contributed by atoms with Gasteiger partial charge in [-0.3, -0.25) is 19.7 Å². The molecule has 2 unspecified atom stereocenters. The van der Waals surface area contributed by atoms with E-state index in [0.29, 0.717) is 22.9 Å². The Hall–Kier alpha value is -3.04. The molecule has 3 aromatic rings. The van der Waals surface area contributed by atoms with Gasteiger partial charge in [0.15, 0.2) is 0 Å². The normalized spacial score (nSPS) is 16.8. The molecular weight excluding hydrogens is 439 g/mol. The highest BCUT2D eigenvalue weighted by Gasteiger charge is 2.31. The van der Waals surface area contributed by atoms with E-state index < -0.39 is 17.1 Å². The highest BCUT2D eigenvalue weighted by atomic mass is 32.2. The van der Waals surface area contributed by atoms with Crippen molar-refractivity contribution < 1.29 is 23.5 Å². The Balaban J connectivity index is 1.37. The fraction of sp³-hybridized carbons (Fsp3) is 0.182. The van der Waals surface area contributed by atoms with Crippen molar-refractivity contribution in [2.45, 2.75) is 24.5 Å². The maximum absolute atomic E-state index is 13.1. The summed E-state index contributed by atoms with van der Waals surface area (Å²) < 4.78 is 18.6. The summed E-state index contributed by atoms with van der Waals surface area (Å²) >= 11 is 2.35. The summed E-state index contributed by atoms with van der Waals surface area (Å²) in [6, 6.07) is 12.9. The minimum atomic E-state index is -0.574. The van der Waals surface area contributed by atoms with E-state index in [1.807, 2.05) is 0 Å². The average Bonchev–Trinajstić information content (AvgIpc) is 3.36. The molecular formula is C22H17FN2O4S2. The van der Waals surface area contributed by atoms with Gasteiger partial charge >= 0.3 is 5.97 Å². The van der Waals surface area contributed by atoms with Gasteiger partial charge in [0.1, 0.15) is 16.6 Å². The van der Waals surface area contributed by atoms with Gasteiger partial charge in [-0.05, 0) is 55.3 Å². The Bertz CT molecular complexity index is 1130. The maximum Gasteiger partial charge on any atom is 0.320 e. The molecule has 1 aliphatic heterocycles. The molecule has 2 heterocycles. The van der Waals surface area contributed by atoms with Crippen LogP contribution in [0.4, 0.5) is 9.18 Å². The molecule has 0 aliphatic carbocycles. The number of carbonyl (C=O) groups excluding carboxylic acids is 3. The van der Waals surface area contributed by atoms with Gasteiger partial charge in [0.2, 0.25) is 5.91 Å². The summed E-state index contributed by atoms with van der Waals surface area (Å²) in [6.45, 7) is 1.72. The molecule has 1 aliphatic rings. The number of esters is 1. The molecule has 1 fully saturated rings. The molecule has 0 saturated carbocycles. The lowest BCUT2D eigenvalue weighted by atomic mass is 10.1. The van der Waals surface area contributed by atoms with Gasteiger partial charge in [-0.2, -0.15) is 0 Å². The number of amides is 2. The first-order valence-electron chi connectivity index (χ1n) is 9.42. The van der Waals surface area contributed by atoms with Crippen molar-refractivity contribution in [2.24, 2.45) is 0 Å². The second kappa shape index (κ2) is 8.99. The zero-order chi connectivity index (χ0) is 22.0. The lowest BCUT2D eigenvalue weighted by Gasteiger charge is -2.10. The number of carbonyl (C=O) groups is 3. The highest BCUT2D eigenvalue weighted by molar-refractivity contribution is 8.15. The van der Waals surface area contributed by atoms with Crippen LogP contribution in [-0.4, -0.2) is 27.3 Å². The molecule has 1 N–H and O–H groups in total. The Morgan fingerprint density at radius 2 is 1.87 bits per heavy atom. The van der Waals surface area contributed by atoms with E-state index in [0.717, 1.165) is 22.9 Å². The molecule has 31 heavy (non-hydrogen) atoms. The van der Waals surface area contributed by atoms with E-state index in [2.05, 4.69) is 10.3 Å². The third kappa shape index (κ3) is 5.00. The fourth-order valence-corrected chi connectivity index (χ4v) is 4.75. The van der Waals surface area contributed by atoms with E-state index >= 15 is 0 Å². The van der Waals surface area contributed by atoms with Gasteiger partial charge in [0.25, 0.3) is 5.24 Å². The predicted molar refractivity (Wildman–Crippen MR) is 117 cm³/mol. The van der Waals surface area contributed by atoms with Gasteiger partial charge < -0.3 is 4.74 Å². The number of thiazole rings is 1. The van der Waals surface area contributed by atoms with Gasteiger partial charge in [0, 0.05) is 10.9 Å². The number of hydrogen-bond acceptors (Lipinski definition) is 7. The Labute approximate surface area is 185 Å². The first kappa shape index (κ1) is 21.2. The molecule has 0 spiro atoms. The van der Waals surface area contributed by atoms with Gasteiger partial charge in [-0.25, -0.2) is 9.37 Å². The van der Waals surface area contributed by atoms with E-state index in [-0.39, 0.29) is 17.0 Å². The fourth-order valence-electron chi connectivity index (χ4n) is 2.97. The first-order valence-corrected chi connectivity index (χ1v) is 11.2. The van der Waals surface area contributed by atoms with Crippen molar-refractivity contribution >= 4 is 40.2 Å². The quantitative estimate of drug-likeness (QED) is 0.433. The molecule has 4 rings (SSSR count). The van der Waals surface area contributed by atoms with Crippen LogP contribution >= 0.6 is 23.1 Å². The highest BCUT2D eigenvalue weighted by Crippen LogP contribution is 2.28. The summed E-state index contributed by atoms with van der Waals surface area (Å²) in [5, 5.41) is 3.97. The second-order valence-corrected chi connectivity index (χ2v) is 8.99. The Morgan fingerprint density at radius 1 is 1.16 bits per heavy atom. The standard InChI is InChI=1S/C22H17FN2O4S2/c1-12(17-11-30-20(24-17)14-4-6-15(23)7-5-14)21(27)29-16-8-2-13(3-9-16)10-18-19(26)25-22(28)31-18/h2-9,11-12,18H,10H2,1H3,(H,25,26,28). The number of ether oxygens (including phenoxy) is 1. The predicted octanol–water partition coefficient (Wildman–Crippen LogP) is 4.55. The van der Waals surface area contributed by atoms with E-state index in [1.165, 1.54) is 23.5 Å². The van der Waals surface area contributed by atoms with Crippen LogP contribution < -0.4 is 10.1 Å². The second-order valence-electron chi connectivity index (χ2n) is 6.96. The molecule has 2 atom stereocenters. The zero-order valence-electron chi connectivity index (χ0n) is 16.3. The van der Waals surface area contributed by atoms with E-state index in [9.17, 15) is 18.8 Å². The van der Waals surface area contributed by atoms with Gasteiger partial charge in [-0.1, -0.05) is 23.9 Å². The molecule has 0 bridgehead atoms. The SMILES string of the molecule is CC(C(=O)Oc1ccc(CC2SC(=O)NC2=O)cc1)c1csc(-c2ccc(F)cc2)n1. The van der Waals surface area contributed by atoms with Crippen molar-refractivity contribution in [1.82, 2.24) is 10.3 Å². The monoisotopic (exact) mass is 456 g/mol. The van der Waals surface area contributed by atoms with E-state index in [4.69, 9.17) is 4.74 Å². The Morgan fingerprint density at radius 3 is 2.52 bits per heavy atom. The smallest absolute Gasteiger partial charge is 0.320 e. The average molecular weight is 457 g/mol. The molecule has 2 amide bonds. The number of aromatic nitrogens is 1. The summed E-state index contributed by atoms with van der Waals surface area (Å²) in [4.78, 5) is 40.0. The molecule has 0 radical (unpaired) electrons. The van der Waals surface area contributed by atoms with Crippen LogP contribution in [0.3, 0.4) is 0 Å². The summed E-state index contributed by atoms with van der Waals surface area (Å²) in [5.74, 6) is -1.24. The third-order valence-electron chi connectivity index (χ3n) is 4.74. The summed E-state index contributed by atoms with van der Waals surface area (Å²) in [5.41, 5.74) is 2.23. The minimum Gasteiger partial charge on any atom is -0.426 e. The van der Waals surface area contributed by atoms with Crippen LogP contribution in [0.25, 0.3) is 10.6 Å². The number of nitrogens with zero attached hydrogens (tertiary/aromatic N) is 1. The van der Waals surface area contributed by atoms with Crippen LogP contribution in [0, 0.1) is 5.82 Å². The summed E-state index contributed by atoms with van der Waals surface area (Å²) in [7, 11) is 0. The van der Waals surface area contributed by atoms with Crippen LogP contribution in [0.5, 0.6) is 5.75 Å². The topological polar surface area (TPSA) is 85.4 Å². The van der Waals surface area contributed by atoms with Crippen molar-refractivity contribution in [3.8, 4) is 16.3 Å². The van der Waals surface area contributed by atoms with E-state index in [1.54, 1.807) is 48.7 Å². The number of thioether (sulfide) groups is 1. The van der Waals surface area contributed by atoms with Gasteiger partial charge in [-0.15, -0.1) is 11.3 Å². The zero-order valence-corrected chi connectivity index (χ0v) is 18.0. The van der Waals surface area contributed by atoms with Crippen LogP contribution in [0.1, 0.15) is 24.1 Å². The molecule has 158 valence electrons. The maximum atomic E-state index is 13.1. The molecule has 2 aromatic carbocycles. The number of hydrogen-bond donors (Lipinski definition) is 1. The van der Waals surface area contributed by atoms with Crippen molar-refractivity contribution in [3.63, 3.8) is 0 Å². The third-order valence-corrected chi connectivity index (χ3v) is 6.63. The number of imide groups is 1. The van der Waals surface area contributed by atoms with Crippen LogP contribution in [0.2, 0.25) is 0 Å². The van der Waals surface area contributed by atoms with Crippen LogP contribution in [0.15, 0.2) is 53.9 Å². The van der Waals surface area contributed by atoms with Gasteiger partial charge in [0.05, 0.1) is 16.9 Å². The lowest BCUT2D eigenvalue weighted by molar-refractivity contribution is -0.135. The van der Waals surface area contributed by atoms with Crippen molar-refractivity contribution in [3.05, 3.63) is 71.0 Å². The lowest BCUT2D eigenvalue weighted by Crippen LogP contribution is -2.25. The van der Waals surface area contributed by atoms with Crippen molar-refractivity contribution in [2.75, 3.05) is 0 Å². The molecule has 1 aromatic heterocycles. The minimum absolute atomic E-state index is 0.289. The van der Waals surface area contributed by atoms with Crippen LogP contribution in [-0.2, 0) is 16.0 Å². The first-order chi connectivity index (χ1) is 14.9. The number of halogens is 1. The number of nitrogens with one attached hydrogen (secondary N) is 1. The molecule has 1 saturated heterocycles.